The maximum absolute atomic E-state index is 2.59. The summed E-state index contributed by atoms with van der Waals surface area (Å²) in [6.07, 6.45) is 16.6. The molecule has 0 nitrogen and oxygen atoms in total. The first-order valence-electron chi connectivity index (χ1n) is 8.84. The van der Waals surface area contributed by atoms with Crippen molar-refractivity contribution in [1.29, 1.82) is 0 Å². The number of hydrogen-bond acceptors (Lipinski definition) is 0. The van der Waals surface area contributed by atoms with Crippen molar-refractivity contribution >= 4 is 0 Å². The minimum atomic E-state index is 0.344. The Morgan fingerprint density at radius 3 is 2.76 bits per heavy atom. The Morgan fingerprint density at radius 1 is 1.19 bits per heavy atom. The molecule has 3 aliphatic rings. The van der Waals surface area contributed by atoms with Gasteiger partial charge in [-0.2, -0.15) is 0 Å². The van der Waals surface area contributed by atoms with Crippen molar-refractivity contribution in [2.24, 2.45) is 11.3 Å². The lowest BCUT2D eigenvalue weighted by Gasteiger charge is -2.39. The molecule has 0 heterocycles. The fraction of sp³-hybridized carbons (Fsp3) is 0.619. The van der Waals surface area contributed by atoms with E-state index in [0.29, 0.717) is 5.41 Å². The van der Waals surface area contributed by atoms with Crippen molar-refractivity contribution in [3.05, 3.63) is 46.1 Å². The standard InChI is InChI=1S/C21H30/c1-5-12-21(3,4)20-11-7-10-17-13-18-15(2)8-6-9-16(18)14-19(17)20/h8,11,14,17H,5-7,9-10,12-13H2,1-4H3. The molecule has 3 aliphatic carbocycles. The van der Waals surface area contributed by atoms with Gasteiger partial charge in [-0.1, -0.05) is 51.0 Å². The van der Waals surface area contributed by atoms with E-state index < -0.39 is 0 Å². The number of allylic oxidation sites excluding steroid dienone is 8. The topological polar surface area (TPSA) is 0 Å². The van der Waals surface area contributed by atoms with Gasteiger partial charge in [0.2, 0.25) is 0 Å². The smallest absolute Gasteiger partial charge is 0.0104 e. The van der Waals surface area contributed by atoms with E-state index in [1.165, 1.54) is 44.9 Å². The third kappa shape index (κ3) is 2.70. The molecule has 0 N–H and O–H groups in total. The van der Waals surface area contributed by atoms with Crippen LogP contribution in [0.5, 0.6) is 0 Å². The fourth-order valence-corrected chi connectivity index (χ4v) is 4.61. The summed E-state index contributed by atoms with van der Waals surface area (Å²) >= 11 is 0. The Bertz CT molecular complexity index is 549. The minimum Gasteiger partial charge on any atom is -0.0810 e. The van der Waals surface area contributed by atoms with E-state index in [0.717, 1.165) is 5.92 Å². The van der Waals surface area contributed by atoms with Gasteiger partial charge in [-0.15, -0.1) is 0 Å². The Hall–Kier alpha value is -1.04. The molecule has 21 heavy (non-hydrogen) atoms. The zero-order valence-electron chi connectivity index (χ0n) is 14.3. The van der Waals surface area contributed by atoms with Gasteiger partial charge >= 0.3 is 0 Å². The number of hydrogen-bond donors (Lipinski definition) is 0. The van der Waals surface area contributed by atoms with E-state index in [1.54, 1.807) is 27.9 Å². The van der Waals surface area contributed by atoms with E-state index in [-0.39, 0.29) is 0 Å². The highest BCUT2D eigenvalue weighted by atomic mass is 14.4. The van der Waals surface area contributed by atoms with Gasteiger partial charge in [0.1, 0.15) is 0 Å². The highest BCUT2D eigenvalue weighted by Gasteiger charge is 2.34. The molecule has 0 fully saturated rings. The van der Waals surface area contributed by atoms with E-state index in [2.05, 4.69) is 45.9 Å². The summed E-state index contributed by atoms with van der Waals surface area (Å²) < 4.78 is 0. The zero-order valence-corrected chi connectivity index (χ0v) is 14.3. The fourth-order valence-electron chi connectivity index (χ4n) is 4.61. The molecule has 0 aromatic heterocycles. The molecule has 1 unspecified atom stereocenters. The third-order valence-corrected chi connectivity index (χ3v) is 5.73. The highest BCUT2D eigenvalue weighted by Crippen LogP contribution is 2.49. The van der Waals surface area contributed by atoms with E-state index >= 15 is 0 Å². The maximum atomic E-state index is 2.59. The Morgan fingerprint density at radius 2 is 2.00 bits per heavy atom. The van der Waals surface area contributed by atoms with Gasteiger partial charge in [-0.3, -0.25) is 0 Å². The van der Waals surface area contributed by atoms with Crippen LogP contribution in [0.15, 0.2) is 46.1 Å². The third-order valence-electron chi connectivity index (χ3n) is 5.73. The zero-order chi connectivity index (χ0) is 15.0. The quantitative estimate of drug-likeness (QED) is 0.553. The molecule has 0 aromatic rings. The van der Waals surface area contributed by atoms with E-state index in [4.69, 9.17) is 0 Å². The molecular weight excluding hydrogens is 252 g/mol. The first kappa shape index (κ1) is 14.9. The second-order valence-electron chi connectivity index (χ2n) is 7.76. The summed E-state index contributed by atoms with van der Waals surface area (Å²) in [4.78, 5) is 0. The molecule has 1 atom stereocenters. The number of fused-ring (bicyclic) bond motifs is 1. The molecule has 0 spiro atoms. The molecule has 0 saturated heterocycles. The summed E-state index contributed by atoms with van der Waals surface area (Å²) in [6.45, 7) is 9.52. The molecule has 0 radical (unpaired) electrons. The van der Waals surface area contributed by atoms with Crippen LogP contribution in [0.25, 0.3) is 0 Å². The molecule has 3 rings (SSSR count). The van der Waals surface area contributed by atoms with Gasteiger partial charge in [0, 0.05) is 0 Å². The van der Waals surface area contributed by atoms with Crippen LogP contribution in [0.3, 0.4) is 0 Å². The summed E-state index contributed by atoms with van der Waals surface area (Å²) in [5, 5.41) is 0. The Balaban J connectivity index is 1.99. The second-order valence-corrected chi connectivity index (χ2v) is 7.76. The van der Waals surface area contributed by atoms with Crippen LogP contribution in [0, 0.1) is 11.3 Å². The van der Waals surface area contributed by atoms with E-state index in [1.807, 2.05) is 0 Å². The van der Waals surface area contributed by atoms with Crippen molar-refractivity contribution in [3.8, 4) is 0 Å². The maximum Gasteiger partial charge on any atom is -0.0104 e. The van der Waals surface area contributed by atoms with Crippen molar-refractivity contribution in [2.75, 3.05) is 0 Å². The molecule has 0 heteroatoms. The molecular formula is C21H30. The highest BCUT2D eigenvalue weighted by molar-refractivity contribution is 5.53. The Labute approximate surface area is 130 Å². The van der Waals surface area contributed by atoms with Gasteiger partial charge in [0.05, 0.1) is 0 Å². The monoisotopic (exact) mass is 282 g/mol. The van der Waals surface area contributed by atoms with Crippen molar-refractivity contribution in [1.82, 2.24) is 0 Å². The van der Waals surface area contributed by atoms with Gasteiger partial charge in [-0.05, 0) is 79.1 Å². The molecule has 0 amide bonds. The van der Waals surface area contributed by atoms with Crippen LogP contribution in [-0.4, -0.2) is 0 Å². The van der Waals surface area contributed by atoms with Crippen molar-refractivity contribution in [3.63, 3.8) is 0 Å². The normalized spacial score (nSPS) is 25.7. The summed E-state index contributed by atoms with van der Waals surface area (Å²) in [6, 6.07) is 0. The lowest BCUT2D eigenvalue weighted by Crippen LogP contribution is -2.25. The second kappa shape index (κ2) is 5.63. The van der Waals surface area contributed by atoms with Gasteiger partial charge < -0.3 is 0 Å². The lowest BCUT2D eigenvalue weighted by molar-refractivity contribution is 0.382. The first-order valence-corrected chi connectivity index (χ1v) is 8.84. The average molecular weight is 282 g/mol. The average Bonchev–Trinajstić information content (AvgIpc) is 2.45. The van der Waals surface area contributed by atoms with Crippen LogP contribution in [0.1, 0.15) is 72.6 Å². The largest absolute Gasteiger partial charge is 0.0810 e. The summed E-state index contributed by atoms with van der Waals surface area (Å²) in [5.74, 6) is 0.779. The lowest BCUT2D eigenvalue weighted by atomic mass is 9.65. The van der Waals surface area contributed by atoms with Crippen LogP contribution < -0.4 is 0 Å². The predicted octanol–water partition coefficient (Wildman–Crippen LogP) is 6.52. The molecule has 0 aromatic carbocycles. The van der Waals surface area contributed by atoms with Gasteiger partial charge in [-0.25, -0.2) is 0 Å². The van der Waals surface area contributed by atoms with Crippen LogP contribution in [0.4, 0.5) is 0 Å². The van der Waals surface area contributed by atoms with Crippen LogP contribution >= 0.6 is 0 Å². The SMILES string of the molecule is CCCC(C)(C)C1=CCCC2CC3=C(C=C12)CCC=C3C. The van der Waals surface area contributed by atoms with Gasteiger partial charge in [0.25, 0.3) is 0 Å². The summed E-state index contributed by atoms with van der Waals surface area (Å²) in [5.41, 5.74) is 8.56. The van der Waals surface area contributed by atoms with Gasteiger partial charge in [0.15, 0.2) is 0 Å². The molecule has 114 valence electrons. The first-order chi connectivity index (χ1) is 10.0. The van der Waals surface area contributed by atoms with Crippen molar-refractivity contribution in [2.45, 2.75) is 72.6 Å². The predicted molar refractivity (Wildman–Crippen MR) is 92.2 cm³/mol. The minimum absolute atomic E-state index is 0.344. The molecule has 0 saturated carbocycles. The van der Waals surface area contributed by atoms with Crippen molar-refractivity contribution < 1.29 is 0 Å². The van der Waals surface area contributed by atoms with E-state index in [9.17, 15) is 0 Å². The molecule has 0 aliphatic heterocycles. The summed E-state index contributed by atoms with van der Waals surface area (Å²) in [7, 11) is 0. The Kier molecular flexibility index (Phi) is 3.99. The number of rotatable bonds is 3. The van der Waals surface area contributed by atoms with Crippen LogP contribution in [0.2, 0.25) is 0 Å². The van der Waals surface area contributed by atoms with Crippen LogP contribution in [-0.2, 0) is 0 Å². The molecule has 0 bridgehead atoms.